The number of carbonyl (C=O) groups excluding carboxylic acids is 2. The molecule has 0 fully saturated rings. The largest absolute Gasteiger partial charge is 0.306 e. The Bertz CT molecular complexity index is 5080. The average Bonchev–Trinajstić information content (AvgIpc) is 1.50. The molecule has 0 saturated heterocycles. The van der Waals surface area contributed by atoms with E-state index in [1.165, 1.54) is 225 Å². The molecule has 2 amide bonds. The van der Waals surface area contributed by atoms with E-state index in [4.69, 9.17) is 0 Å². The van der Waals surface area contributed by atoms with Crippen molar-refractivity contribution in [1.82, 2.24) is 9.80 Å². The lowest BCUT2D eigenvalue weighted by Crippen LogP contribution is -2.34. The molecule has 10 heteroatoms. The SMILES string of the molecule is CCCCCCc1ccc(C2(c3ccc(CCCCCC)cc3)c3cc4c(cc3-c3sc(C)cc32)C(c2ccc(CCCCCC)cc2)(c2ccc(CCCCCC)cc2)c2cc(-c3ccc(-c5ccc(C6=C7C(=O)N(CC(CC)CCCC)C(c8ccc(-c9ccc(C)s9)s8)=C7C(=O)N6CC(CC)CCCC)s5)s3)sc2-4)cc1. The minimum absolute atomic E-state index is 0.0241. The van der Waals surface area contributed by atoms with Gasteiger partial charge in [0.15, 0.2) is 0 Å². The summed E-state index contributed by atoms with van der Waals surface area (Å²) in [6, 6.07) is 68.5. The van der Waals surface area contributed by atoms with E-state index in [0.29, 0.717) is 36.1 Å². The fourth-order valence-corrected chi connectivity index (χ4v) is 25.7. The molecule has 0 radical (unpaired) electrons. The van der Waals surface area contributed by atoms with Crippen molar-refractivity contribution >= 4 is 91.2 Å². The smallest absolute Gasteiger partial charge is 0.261 e. The van der Waals surface area contributed by atoms with Gasteiger partial charge in [-0.2, -0.15) is 0 Å². The van der Waals surface area contributed by atoms with Gasteiger partial charge in [-0.1, -0.05) is 268 Å². The normalized spacial score (nSPS) is 15.1. The molecule has 114 heavy (non-hydrogen) atoms. The van der Waals surface area contributed by atoms with Crippen LogP contribution in [0.5, 0.6) is 0 Å². The molecular weight excluding hydrogens is 1500 g/mol. The summed E-state index contributed by atoms with van der Waals surface area (Å²) in [6.07, 6.45) is 32.8. The van der Waals surface area contributed by atoms with Crippen molar-refractivity contribution in [1.29, 1.82) is 0 Å². The molecule has 8 heterocycles. The van der Waals surface area contributed by atoms with E-state index >= 15 is 9.59 Å². The number of carbonyl (C=O) groups is 2. The first-order chi connectivity index (χ1) is 55.8. The van der Waals surface area contributed by atoms with Gasteiger partial charge in [-0.25, -0.2) is 0 Å². The molecule has 4 nitrogen and oxygen atoms in total. The Hall–Kier alpha value is -7.28. The summed E-state index contributed by atoms with van der Waals surface area (Å²) in [5.74, 6) is 0.569. The maximum atomic E-state index is 16.0. The summed E-state index contributed by atoms with van der Waals surface area (Å²) in [5, 5.41) is 0. The van der Waals surface area contributed by atoms with Gasteiger partial charge in [-0.3, -0.25) is 9.59 Å². The van der Waals surface area contributed by atoms with Gasteiger partial charge < -0.3 is 9.80 Å². The van der Waals surface area contributed by atoms with Crippen molar-refractivity contribution in [3.8, 4) is 50.1 Å². The number of fused-ring (bicyclic) bond motifs is 7. The Morgan fingerprint density at radius 3 is 0.974 bits per heavy atom. The molecule has 0 bridgehead atoms. The lowest BCUT2D eigenvalue weighted by molar-refractivity contribution is -0.124. The van der Waals surface area contributed by atoms with Crippen LogP contribution < -0.4 is 0 Å². The molecule has 5 aromatic carbocycles. The summed E-state index contributed by atoms with van der Waals surface area (Å²) >= 11 is 11.1. The Morgan fingerprint density at radius 2 is 0.623 bits per heavy atom. The zero-order valence-corrected chi connectivity index (χ0v) is 74.6. The number of unbranched alkanes of at least 4 members (excludes halogenated alkanes) is 14. The van der Waals surface area contributed by atoms with Crippen LogP contribution in [0.4, 0.5) is 0 Å². The van der Waals surface area contributed by atoms with Crippen molar-refractivity contribution < 1.29 is 9.59 Å². The monoisotopic (exact) mass is 1620 g/mol. The molecule has 594 valence electrons. The molecular formula is C104H120N2O2S6. The van der Waals surface area contributed by atoms with E-state index in [2.05, 4.69) is 244 Å². The number of nitrogens with zero attached hydrogens (tertiary/aromatic N) is 2. The molecule has 0 N–H and O–H groups in total. The number of benzene rings is 5. The van der Waals surface area contributed by atoms with Gasteiger partial charge in [0, 0.05) is 61.9 Å². The van der Waals surface area contributed by atoms with Crippen LogP contribution in [0, 0.1) is 25.7 Å². The molecule has 0 saturated carbocycles. The van der Waals surface area contributed by atoms with E-state index < -0.39 is 10.8 Å². The van der Waals surface area contributed by atoms with E-state index in [9.17, 15) is 0 Å². The van der Waals surface area contributed by atoms with Crippen molar-refractivity contribution in [2.75, 3.05) is 13.1 Å². The maximum Gasteiger partial charge on any atom is 0.261 e. The van der Waals surface area contributed by atoms with Crippen molar-refractivity contribution in [3.63, 3.8) is 0 Å². The maximum absolute atomic E-state index is 16.0. The zero-order valence-electron chi connectivity index (χ0n) is 69.7. The third-order valence-electron chi connectivity index (χ3n) is 25.6. The van der Waals surface area contributed by atoms with Crippen LogP contribution in [0.1, 0.15) is 296 Å². The lowest BCUT2D eigenvalue weighted by Gasteiger charge is -2.35. The minimum atomic E-state index is -0.635. The van der Waals surface area contributed by atoms with Gasteiger partial charge in [-0.05, 0) is 241 Å². The summed E-state index contributed by atoms with van der Waals surface area (Å²) in [6.45, 7) is 24.0. The number of hydrogen-bond donors (Lipinski definition) is 0. The van der Waals surface area contributed by atoms with Crippen LogP contribution in [0.2, 0.25) is 0 Å². The fraction of sp³-hybridized carbons (Fsp3) is 0.423. The first kappa shape index (κ1) is 81.8. The predicted molar refractivity (Wildman–Crippen MR) is 496 cm³/mol. The summed E-state index contributed by atoms with van der Waals surface area (Å²) in [4.78, 5) is 50.6. The highest BCUT2D eigenvalue weighted by molar-refractivity contribution is 7.27. The van der Waals surface area contributed by atoms with Gasteiger partial charge >= 0.3 is 0 Å². The van der Waals surface area contributed by atoms with E-state index in [-0.39, 0.29) is 11.8 Å². The summed E-state index contributed by atoms with van der Waals surface area (Å²) in [5.41, 5.74) is 20.9. The Kier molecular flexibility index (Phi) is 26.7. The van der Waals surface area contributed by atoms with Crippen molar-refractivity contribution in [2.45, 2.75) is 260 Å². The standard InChI is InChI=1S/C104H120N2O2S6/c1-11-19-25-29-35-73-40-48-77(49-41-73)103(78-50-42-74(43-51-78)36-30-26-20-12-2)83-65-82-84(64-81(83)99-85(103)63-70(10)110-99)104(79-52-44-75(45-53-79)37-31-27-21-13-3,80-54-46-76(47-55-80)38-32-28-22-14-4)86-66-94(114-100(82)86)91-58-57-89(111-91)90-60-62-93(113-90)98-96-95(101(107)106(98)68-72(18-8)34-24-16-6)97(105(102(96)108)67-71(17-7)33-23-15-5)92-61-59-88(112-92)87-56-39-69(9)109-87/h39-66,71-72H,11-38,67-68H2,1-10H3. The quantitative estimate of drug-likeness (QED) is 0.0358. The number of aryl methyl sites for hydroxylation is 6. The van der Waals surface area contributed by atoms with Gasteiger partial charge in [-0.15, -0.1) is 68.0 Å². The Labute approximate surface area is 707 Å². The third kappa shape index (κ3) is 16.1. The van der Waals surface area contributed by atoms with Crippen LogP contribution in [-0.4, -0.2) is 34.7 Å². The number of rotatable bonds is 41. The minimum Gasteiger partial charge on any atom is -0.306 e. The van der Waals surface area contributed by atoms with Gasteiger partial charge in [0.05, 0.1) is 43.1 Å². The average molecular weight is 1620 g/mol. The molecule has 2 atom stereocenters. The van der Waals surface area contributed by atoms with Crippen LogP contribution in [0.25, 0.3) is 61.5 Å². The molecule has 15 rings (SSSR count). The van der Waals surface area contributed by atoms with Crippen LogP contribution in [0.15, 0.2) is 181 Å². The lowest BCUT2D eigenvalue weighted by atomic mass is 9.65. The van der Waals surface area contributed by atoms with Gasteiger partial charge in [0.25, 0.3) is 11.8 Å². The second kappa shape index (κ2) is 37.1. The summed E-state index contributed by atoms with van der Waals surface area (Å²) < 4.78 is 0. The highest BCUT2D eigenvalue weighted by Crippen LogP contribution is 2.66. The van der Waals surface area contributed by atoms with Gasteiger partial charge in [0.1, 0.15) is 0 Å². The van der Waals surface area contributed by atoms with Crippen LogP contribution in [0.3, 0.4) is 0 Å². The fourth-order valence-electron chi connectivity index (χ4n) is 19.1. The Morgan fingerprint density at radius 1 is 0.298 bits per heavy atom. The highest BCUT2D eigenvalue weighted by atomic mass is 32.1. The molecule has 2 unspecified atom stereocenters. The van der Waals surface area contributed by atoms with E-state index in [1.54, 1.807) is 34.0 Å². The first-order valence-corrected chi connectivity index (χ1v) is 49.0. The molecule has 2 aliphatic heterocycles. The molecule has 4 aliphatic rings. The van der Waals surface area contributed by atoms with Gasteiger partial charge in [0.2, 0.25) is 0 Å². The number of thiophene rings is 6. The number of hydrogen-bond acceptors (Lipinski definition) is 8. The topological polar surface area (TPSA) is 40.6 Å². The summed E-state index contributed by atoms with van der Waals surface area (Å²) in [7, 11) is 0. The zero-order chi connectivity index (χ0) is 79.0. The van der Waals surface area contributed by atoms with Crippen molar-refractivity contribution in [3.05, 3.63) is 267 Å². The highest BCUT2D eigenvalue weighted by Gasteiger charge is 2.54. The van der Waals surface area contributed by atoms with E-state index in [0.717, 1.165) is 103 Å². The predicted octanol–water partition coefficient (Wildman–Crippen LogP) is 31.1. The molecule has 0 spiro atoms. The van der Waals surface area contributed by atoms with E-state index in [1.807, 2.05) is 38.9 Å². The third-order valence-corrected chi connectivity index (χ3v) is 32.7. The second-order valence-electron chi connectivity index (χ2n) is 33.4. The Balaban J connectivity index is 0.893. The van der Waals surface area contributed by atoms with Crippen LogP contribution in [-0.2, 0) is 46.1 Å². The first-order valence-electron chi connectivity index (χ1n) is 44.1. The molecule has 6 aromatic heterocycles. The molecule has 2 aliphatic carbocycles. The number of amides is 2. The van der Waals surface area contributed by atoms with Crippen LogP contribution >= 0.6 is 68.0 Å². The molecule has 11 aromatic rings. The van der Waals surface area contributed by atoms with Crippen molar-refractivity contribution in [2.24, 2.45) is 11.8 Å². The second-order valence-corrected chi connectivity index (χ2v) is 40.3.